The molecular weight excluding hydrogens is 300 g/mol. The minimum Gasteiger partial charge on any atom is -0.454 e. The summed E-state index contributed by atoms with van der Waals surface area (Å²) in [5.74, 6) is -1.24. The summed E-state index contributed by atoms with van der Waals surface area (Å²) >= 11 is 0. The highest BCUT2D eigenvalue weighted by Crippen LogP contribution is 2.09. The van der Waals surface area contributed by atoms with E-state index in [9.17, 15) is 14.4 Å². The zero-order valence-electron chi connectivity index (χ0n) is 13.9. The Balaban J connectivity index is 2.30. The number of rotatable bonds is 8. The number of nitrogens with zero attached hydrogens (tertiary/aromatic N) is 1. The summed E-state index contributed by atoms with van der Waals surface area (Å²) in [5.41, 5.74) is 0. The van der Waals surface area contributed by atoms with Gasteiger partial charge in [0.1, 0.15) is 6.04 Å². The Morgan fingerprint density at radius 2 is 1.87 bits per heavy atom. The lowest BCUT2D eigenvalue weighted by Gasteiger charge is -2.29. The second-order valence-electron chi connectivity index (χ2n) is 5.55. The molecule has 23 heavy (non-hydrogen) atoms. The first-order valence-corrected chi connectivity index (χ1v) is 7.93. The molecule has 0 aliphatic carbocycles. The van der Waals surface area contributed by atoms with Crippen LogP contribution >= 0.6 is 0 Å². The molecule has 1 heterocycles. The van der Waals surface area contributed by atoms with Crippen molar-refractivity contribution in [3.8, 4) is 0 Å². The van der Waals surface area contributed by atoms with E-state index in [1.165, 1.54) is 13.0 Å². The number of hydrogen-bond acceptors (Lipinski definition) is 5. The van der Waals surface area contributed by atoms with Crippen LogP contribution in [0.5, 0.6) is 0 Å². The van der Waals surface area contributed by atoms with Gasteiger partial charge in [-0.3, -0.25) is 9.59 Å². The molecule has 1 aliphatic heterocycles. The Kier molecular flexibility index (Phi) is 8.32. The van der Waals surface area contributed by atoms with E-state index in [0.717, 1.165) is 32.4 Å². The number of esters is 1. The molecule has 0 saturated carbocycles. The molecule has 0 radical (unpaired) electrons. The molecule has 0 aromatic carbocycles. The Bertz CT molecular complexity index is 432. The number of ether oxygens (including phenoxy) is 2. The number of likely N-dealkylation sites (tertiary alicyclic amines) is 1. The predicted molar refractivity (Wildman–Crippen MR) is 84.6 cm³/mol. The standard InChI is InChI=1S/C16H26N2O5/c1-4-10-22-13(3)16(21)23-11-14(19)17-12(2)15(20)18-8-6-5-7-9-18/h4,12-13H,1,5-11H2,2-3H3,(H,17,19). The maximum atomic E-state index is 12.2. The van der Waals surface area contributed by atoms with Crippen LogP contribution in [0, 0.1) is 0 Å². The normalized spacial score (nSPS) is 17.0. The molecule has 1 saturated heterocycles. The highest BCUT2D eigenvalue weighted by atomic mass is 16.6. The van der Waals surface area contributed by atoms with Crippen molar-refractivity contribution in [2.75, 3.05) is 26.3 Å². The van der Waals surface area contributed by atoms with Gasteiger partial charge in [-0.2, -0.15) is 0 Å². The van der Waals surface area contributed by atoms with Gasteiger partial charge in [-0.1, -0.05) is 6.08 Å². The zero-order chi connectivity index (χ0) is 17.2. The number of amides is 2. The minimum atomic E-state index is -0.770. The predicted octanol–water partition coefficient (Wildman–Crippen LogP) is 0.638. The van der Waals surface area contributed by atoms with Crippen LogP contribution in [-0.2, 0) is 23.9 Å². The highest BCUT2D eigenvalue weighted by Gasteiger charge is 2.24. The quantitative estimate of drug-likeness (QED) is 0.522. The van der Waals surface area contributed by atoms with Crippen LogP contribution in [0.25, 0.3) is 0 Å². The Hall–Kier alpha value is -1.89. The van der Waals surface area contributed by atoms with Gasteiger partial charge in [-0.15, -0.1) is 6.58 Å². The third-order valence-corrected chi connectivity index (χ3v) is 3.56. The average Bonchev–Trinajstić information content (AvgIpc) is 2.57. The Morgan fingerprint density at radius 1 is 1.22 bits per heavy atom. The molecule has 130 valence electrons. The van der Waals surface area contributed by atoms with Crippen molar-refractivity contribution in [3.63, 3.8) is 0 Å². The minimum absolute atomic E-state index is 0.105. The fourth-order valence-electron chi connectivity index (χ4n) is 2.27. The average molecular weight is 326 g/mol. The lowest BCUT2D eigenvalue weighted by Crippen LogP contribution is -2.49. The Morgan fingerprint density at radius 3 is 2.48 bits per heavy atom. The van der Waals surface area contributed by atoms with Crippen molar-refractivity contribution >= 4 is 17.8 Å². The second kappa shape index (κ2) is 9.99. The van der Waals surface area contributed by atoms with Crippen LogP contribution in [-0.4, -0.2) is 61.1 Å². The molecule has 1 rings (SSSR count). The van der Waals surface area contributed by atoms with Crippen LogP contribution in [0.4, 0.5) is 0 Å². The van der Waals surface area contributed by atoms with Crippen LogP contribution in [0.3, 0.4) is 0 Å². The van der Waals surface area contributed by atoms with Crippen molar-refractivity contribution < 1.29 is 23.9 Å². The van der Waals surface area contributed by atoms with E-state index in [0.29, 0.717) is 0 Å². The summed E-state index contributed by atoms with van der Waals surface area (Å²) in [6.07, 6.45) is 3.86. The van der Waals surface area contributed by atoms with Crippen LogP contribution in [0.1, 0.15) is 33.1 Å². The maximum absolute atomic E-state index is 12.2. The fourth-order valence-corrected chi connectivity index (χ4v) is 2.27. The molecule has 1 fully saturated rings. The summed E-state index contributed by atoms with van der Waals surface area (Å²) in [4.78, 5) is 37.3. The van der Waals surface area contributed by atoms with Crippen LogP contribution in [0.2, 0.25) is 0 Å². The molecule has 2 unspecified atom stereocenters. The summed E-state index contributed by atoms with van der Waals surface area (Å²) in [7, 11) is 0. The monoisotopic (exact) mass is 326 g/mol. The van der Waals surface area contributed by atoms with E-state index in [-0.39, 0.29) is 12.5 Å². The smallest absolute Gasteiger partial charge is 0.335 e. The first-order valence-electron chi connectivity index (χ1n) is 7.93. The molecule has 0 aromatic rings. The van der Waals surface area contributed by atoms with Gasteiger partial charge in [0, 0.05) is 13.1 Å². The molecule has 7 heteroatoms. The first-order chi connectivity index (χ1) is 11.0. The third kappa shape index (κ3) is 6.81. The van der Waals surface area contributed by atoms with Crippen molar-refractivity contribution in [2.24, 2.45) is 0 Å². The summed E-state index contributed by atoms with van der Waals surface area (Å²) < 4.78 is 9.95. The van der Waals surface area contributed by atoms with Crippen molar-refractivity contribution in [3.05, 3.63) is 12.7 Å². The maximum Gasteiger partial charge on any atom is 0.335 e. The zero-order valence-corrected chi connectivity index (χ0v) is 13.9. The van der Waals surface area contributed by atoms with E-state index < -0.39 is 30.6 Å². The van der Waals surface area contributed by atoms with Crippen LogP contribution in [0.15, 0.2) is 12.7 Å². The summed E-state index contributed by atoms with van der Waals surface area (Å²) in [6, 6.07) is -0.631. The molecule has 0 bridgehead atoms. The van der Waals surface area contributed by atoms with E-state index in [1.807, 2.05) is 0 Å². The molecule has 7 nitrogen and oxygen atoms in total. The van der Waals surface area contributed by atoms with Gasteiger partial charge in [0.05, 0.1) is 6.61 Å². The van der Waals surface area contributed by atoms with Crippen LogP contribution < -0.4 is 5.32 Å². The lowest BCUT2D eigenvalue weighted by atomic mass is 10.1. The van der Waals surface area contributed by atoms with Gasteiger partial charge in [-0.25, -0.2) is 4.79 Å². The molecule has 1 N–H and O–H groups in total. The fraction of sp³-hybridized carbons (Fsp3) is 0.688. The molecule has 0 spiro atoms. The van der Waals surface area contributed by atoms with Gasteiger partial charge in [0.25, 0.3) is 5.91 Å². The highest BCUT2D eigenvalue weighted by molar-refractivity contribution is 5.88. The first kappa shape index (κ1) is 19.2. The largest absolute Gasteiger partial charge is 0.454 e. The summed E-state index contributed by atoms with van der Waals surface area (Å²) in [5, 5.41) is 2.55. The lowest BCUT2D eigenvalue weighted by molar-refractivity contribution is -0.158. The number of nitrogens with one attached hydrogen (secondary N) is 1. The number of piperidine rings is 1. The molecule has 1 aliphatic rings. The van der Waals surface area contributed by atoms with Gasteiger partial charge >= 0.3 is 5.97 Å². The van der Waals surface area contributed by atoms with E-state index in [2.05, 4.69) is 11.9 Å². The Labute approximate surface area is 137 Å². The van der Waals surface area contributed by atoms with Crippen molar-refractivity contribution in [1.82, 2.24) is 10.2 Å². The third-order valence-electron chi connectivity index (χ3n) is 3.56. The number of carbonyl (C=O) groups excluding carboxylic acids is 3. The molecule has 2 amide bonds. The second-order valence-corrected chi connectivity index (χ2v) is 5.55. The molecule has 2 atom stereocenters. The SMILES string of the molecule is C=CCOC(C)C(=O)OCC(=O)NC(C)C(=O)N1CCCCC1. The number of carbonyl (C=O) groups is 3. The van der Waals surface area contributed by atoms with Gasteiger partial charge in [0.2, 0.25) is 5.91 Å². The van der Waals surface area contributed by atoms with E-state index in [4.69, 9.17) is 9.47 Å². The van der Waals surface area contributed by atoms with Gasteiger partial charge in [0.15, 0.2) is 12.7 Å². The van der Waals surface area contributed by atoms with Crippen molar-refractivity contribution in [1.29, 1.82) is 0 Å². The van der Waals surface area contributed by atoms with Gasteiger partial charge in [-0.05, 0) is 33.1 Å². The van der Waals surface area contributed by atoms with Gasteiger partial charge < -0.3 is 19.7 Å². The topological polar surface area (TPSA) is 84.9 Å². The molecule has 0 aromatic heterocycles. The van der Waals surface area contributed by atoms with E-state index in [1.54, 1.807) is 11.8 Å². The van der Waals surface area contributed by atoms with E-state index >= 15 is 0 Å². The summed E-state index contributed by atoms with van der Waals surface area (Å²) in [6.45, 7) is 7.89. The molecular formula is C16H26N2O5. The van der Waals surface area contributed by atoms with Crippen molar-refractivity contribution in [2.45, 2.75) is 45.3 Å². The number of hydrogen-bond donors (Lipinski definition) is 1.